The summed E-state index contributed by atoms with van der Waals surface area (Å²) in [5.41, 5.74) is 5.14. The van der Waals surface area contributed by atoms with E-state index in [2.05, 4.69) is 55.6 Å². The molecule has 0 amide bonds. The molecule has 0 bridgehead atoms. The number of aryl methyl sites for hydroxylation is 1. The molecule has 128 valence electrons. The summed E-state index contributed by atoms with van der Waals surface area (Å²) in [5, 5.41) is 10.0. The molecule has 0 saturated carbocycles. The lowest BCUT2D eigenvalue weighted by molar-refractivity contribution is -0.0895. The zero-order valence-corrected chi connectivity index (χ0v) is 15.5. The Balaban J connectivity index is 1.80. The lowest BCUT2D eigenvalue weighted by Gasteiger charge is -2.32. The Morgan fingerprint density at radius 2 is 1.88 bits per heavy atom. The van der Waals surface area contributed by atoms with Gasteiger partial charge in [-0.25, -0.2) is 0 Å². The van der Waals surface area contributed by atoms with Gasteiger partial charge >= 0.3 is 0 Å². The topological polar surface area (TPSA) is 29.5 Å². The first-order valence-corrected chi connectivity index (χ1v) is 9.83. The van der Waals surface area contributed by atoms with Gasteiger partial charge in [-0.05, 0) is 67.3 Å². The van der Waals surface area contributed by atoms with Gasteiger partial charge in [0.15, 0.2) is 0 Å². The molecule has 1 fully saturated rings. The minimum atomic E-state index is -0.261. The van der Waals surface area contributed by atoms with E-state index in [1.165, 1.54) is 27.1 Å². The third-order valence-corrected chi connectivity index (χ3v) is 5.53. The zero-order chi connectivity index (χ0) is 17.1. The molecule has 3 heteroatoms. The second kappa shape index (κ2) is 7.73. The number of aliphatic hydroxyl groups is 1. The highest BCUT2D eigenvalue weighted by Crippen LogP contribution is 2.32. The van der Waals surface area contributed by atoms with Crippen molar-refractivity contribution in [3.05, 3.63) is 64.7 Å². The van der Waals surface area contributed by atoms with Crippen LogP contribution < -0.4 is 0 Å². The number of thioether (sulfide) groups is 1. The third-order valence-electron chi connectivity index (χ3n) is 4.79. The van der Waals surface area contributed by atoms with Gasteiger partial charge in [0.2, 0.25) is 0 Å². The number of rotatable bonds is 4. The quantitative estimate of drug-likeness (QED) is 0.801. The molecule has 3 atom stereocenters. The molecule has 0 radical (unpaired) electrons. The molecular formula is C21H26O2S. The summed E-state index contributed by atoms with van der Waals surface area (Å²) >= 11 is 1.77. The van der Waals surface area contributed by atoms with E-state index in [0.717, 1.165) is 12.8 Å². The molecule has 1 saturated heterocycles. The smallest absolute Gasteiger partial charge is 0.0853 e. The van der Waals surface area contributed by atoms with E-state index in [9.17, 15) is 5.11 Å². The van der Waals surface area contributed by atoms with Gasteiger partial charge in [-0.15, -0.1) is 11.8 Å². The average molecular weight is 343 g/mol. The van der Waals surface area contributed by atoms with Crippen LogP contribution in [0.5, 0.6) is 0 Å². The summed E-state index contributed by atoms with van der Waals surface area (Å²) in [6.45, 7) is 4.20. The Hall–Kier alpha value is -1.29. The van der Waals surface area contributed by atoms with E-state index >= 15 is 0 Å². The van der Waals surface area contributed by atoms with Crippen molar-refractivity contribution in [2.45, 2.75) is 56.3 Å². The average Bonchev–Trinajstić information content (AvgIpc) is 2.56. The predicted molar refractivity (Wildman–Crippen MR) is 101 cm³/mol. The highest BCUT2D eigenvalue weighted by molar-refractivity contribution is 7.98. The van der Waals surface area contributed by atoms with Crippen LogP contribution in [0.2, 0.25) is 0 Å². The Labute approximate surface area is 149 Å². The Bertz CT molecular complexity index is 671. The van der Waals surface area contributed by atoms with Gasteiger partial charge in [-0.2, -0.15) is 0 Å². The molecule has 2 aromatic carbocycles. The van der Waals surface area contributed by atoms with Crippen molar-refractivity contribution < 1.29 is 9.84 Å². The van der Waals surface area contributed by atoms with E-state index < -0.39 is 0 Å². The summed E-state index contributed by atoms with van der Waals surface area (Å²) < 4.78 is 6.06. The Kier molecular flexibility index (Phi) is 5.65. The van der Waals surface area contributed by atoms with Crippen molar-refractivity contribution in [2.75, 3.05) is 6.26 Å². The molecule has 0 unspecified atom stereocenters. The molecule has 2 nitrogen and oxygen atoms in total. The minimum Gasteiger partial charge on any atom is -0.393 e. The van der Waals surface area contributed by atoms with Crippen molar-refractivity contribution in [2.24, 2.45) is 0 Å². The van der Waals surface area contributed by atoms with Crippen LogP contribution >= 0.6 is 11.8 Å². The number of hydrogen-bond acceptors (Lipinski definition) is 3. The molecule has 1 aliphatic heterocycles. The van der Waals surface area contributed by atoms with Crippen molar-refractivity contribution in [3.63, 3.8) is 0 Å². The zero-order valence-electron chi connectivity index (χ0n) is 14.7. The molecule has 1 aliphatic rings. The van der Waals surface area contributed by atoms with Crippen molar-refractivity contribution >= 4 is 11.8 Å². The highest BCUT2D eigenvalue weighted by Gasteiger charge is 2.27. The van der Waals surface area contributed by atoms with E-state index in [-0.39, 0.29) is 18.3 Å². The normalized spacial score (nSPS) is 24.1. The fourth-order valence-electron chi connectivity index (χ4n) is 3.38. The standard InChI is InChI=1S/C21H26O2S/c1-14-4-7-17(21-13-19(22)10-15(2)23-21)12-18(14)11-16-5-8-20(24-3)9-6-16/h4-9,12,15,19,21-22H,10-11,13H2,1-3H3/t15-,19+,21-/m1/s1. The van der Waals surface area contributed by atoms with Gasteiger partial charge in [-0.1, -0.05) is 30.3 Å². The monoisotopic (exact) mass is 342 g/mol. The fraction of sp³-hybridized carbons (Fsp3) is 0.429. The minimum absolute atomic E-state index is 0.00182. The van der Waals surface area contributed by atoms with Crippen molar-refractivity contribution in [1.29, 1.82) is 0 Å². The van der Waals surface area contributed by atoms with Crippen LogP contribution in [0, 0.1) is 6.92 Å². The molecule has 0 aliphatic carbocycles. The van der Waals surface area contributed by atoms with Gasteiger partial charge in [-0.3, -0.25) is 0 Å². The summed E-state index contributed by atoms with van der Waals surface area (Å²) in [5.74, 6) is 0. The molecule has 1 N–H and O–H groups in total. The van der Waals surface area contributed by atoms with E-state index in [4.69, 9.17) is 4.74 Å². The van der Waals surface area contributed by atoms with Crippen LogP contribution in [-0.2, 0) is 11.2 Å². The van der Waals surface area contributed by atoms with E-state index in [1.807, 2.05) is 6.92 Å². The SMILES string of the molecule is CSc1ccc(Cc2cc([C@H]3C[C@@H](O)C[C@@H](C)O3)ccc2C)cc1. The number of benzene rings is 2. The molecule has 0 aromatic heterocycles. The number of ether oxygens (including phenoxy) is 1. The Morgan fingerprint density at radius 3 is 2.54 bits per heavy atom. The van der Waals surface area contributed by atoms with Crippen molar-refractivity contribution in [1.82, 2.24) is 0 Å². The number of aliphatic hydroxyl groups excluding tert-OH is 1. The van der Waals surface area contributed by atoms with E-state index in [1.54, 1.807) is 11.8 Å². The highest BCUT2D eigenvalue weighted by atomic mass is 32.2. The summed E-state index contributed by atoms with van der Waals surface area (Å²) in [6.07, 6.45) is 4.31. The Morgan fingerprint density at radius 1 is 1.12 bits per heavy atom. The molecule has 1 heterocycles. The number of hydrogen-bond donors (Lipinski definition) is 1. The maximum absolute atomic E-state index is 10.0. The largest absolute Gasteiger partial charge is 0.393 e. The third kappa shape index (κ3) is 4.21. The fourth-order valence-corrected chi connectivity index (χ4v) is 3.79. The molecule has 2 aromatic rings. The van der Waals surface area contributed by atoms with Crippen LogP contribution in [0.3, 0.4) is 0 Å². The van der Waals surface area contributed by atoms with Gasteiger partial charge in [0, 0.05) is 11.3 Å². The van der Waals surface area contributed by atoms with E-state index in [0.29, 0.717) is 6.42 Å². The maximum atomic E-state index is 10.0. The van der Waals surface area contributed by atoms with Crippen LogP contribution in [0.1, 0.15) is 48.1 Å². The van der Waals surface area contributed by atoms with Gasteiger partial charge in [0.05, 0.1) is 18.3 Å². The first-order chi connectivity index (χ1) is 11.5. The summed E-state index contributed by atoms with van der Waals surface area (Å²) in [7, 11) is 0. The van der Waals surface area contributed by atoms with Crippen LogP contribution in [0.15, 0.2) is 47.4 Å². The van der Waals surface area contributed by atoms with Crippen LogP contribution in [0.4, 0.5) is 0 Å². The van der Waals surface area contributed by atoms with Crippen molar-refractivity contribution in [3.8, 4) is 0 Å². The van der Waals surface area contributed by atoms with Gasteiger partial charge in [0.25, 0.3) is 0 Å². The first-order valence-electron chi connectivity index (χ1n) is 8.61. The van der Waals surface area contributed by atoms with Gasteiger partial charge in [0.1, 0.15) is 0 Å². The molecule has 3 rings (SSSR count). The molecule has 24 heavy (non-hydrogen) atoms. The maximum Gasteiger partial charge on any atom is 0.0853 e. The second-order valence-corrected chi connectivity index (χ2v) is 7.65. The summed E-state index contributed by atoms with van der Waals surface area (Å²) in [6, 6.07) is 15.4. The first kappa shape index (κ1) is 17.5. The van der Waals surface area contributed by atoms with Crippen LogP contribution in [0.25, 0.3) is 0 Å². The lowest BCUT2D eigenvalue weighted by Crippen LogP contribution is -2.29. The summed E-state index contributed by atoms with van der Waals surface area (Å²) in [4.78, 5) is 1.29. The van der Waals surface area contributed by atoms with Gasteiger partial charge < -0.3 is 9.84 Å². The lowest BCUT2D eigenvalue weighted by atomic mass is 9.92. The van der Waals surface area contributed by atoms with Crippen LogP contribution in [-0.4, -0.2) is 23.6 Å². The second-order valence-electron chi connectivity index (χ2n) is 6.77. The molecular weight excluding hydrogens is 316 g/mol. The molecule has 0 spiro atoms. The predicted octanol–water partition coefficient (Wildman–Crippen LogP) is 4.91.